The van der Waals surface area contributed by atoms with Gasteiger partial charge in [-0.1, -0.05) is 29.3 Å². The molecule has 4 heteroatoms. The van der Waals surface area contributed by atoms with Crippen molar-refractivity contribution in [3.63, 3.8) is 0 Å². The molecule has 0 aromatic heterocycles. The number of benzene rings is 2. The lowest BCUT2D eigenvalue weighted by molar-refractivity contribution is 0.0597. The first kappa shape index (κ1) is 15.4. The highest BCUT2D eigenvalue weighted by Gasteiger charge is 2.13. The Morgan fingerprint density at radius 3 is 2.43 bits per heavy atom. The van der Waals surface area contributed by atoms with Crippen molar-refractivity contribution >= 4 is 23.4 Å². The Bertz CT molecular complexity index is 648. The number of carbonyl (C=O) groups is 1. The van der Waals surface area contributed by atoms with Crippen molar-refractivity contribution in [2.75, 3.05) is 12.8 Å². The summed E-state index contributed by atoms with van der Waals surface area (Å²) in [6, 6.07) is 11.8. The maximum Gasteiger partial charge on any atom is 0.339 e. The molecular weight excluding hydrogens is 282 g/mol. The molecule has 0 radical (unpaired) electrons. The van der Waals surface area contributed by atoms with Gasteiger partial charge in [-0.05, 0) is 37.6 Å². The Labute approximate surface area is 129 Å². The molecule has 0 bridgehead atoms. The predicted octanol–water partition coefficient (Wildman–Crippen LogP) is 3.96. The minimum absolute atomic E-state index is 0.356. The van der Waals surface area contributed by atoms with Gasteiger partial charge in [-0.3, -0.25) is 0 Å². The Kier molecular flexibility index (Phi) is 4.91. The van der Waals surface area contributed by atoms with Crippen molar-refractivity contribution in [2.45, 2.75) is 24.5 Å². The van der Waals surface area contributed by atoms with Gasteiger partial charge in [0.05, 0.1) is 12.7 Å². The molecule has 0 amide bonds. The summed E-state index contributed by atoms with van der Waals surface area (Å²) < 4.78 is 4.81. The van der Waals surface area contributed by atoms with Gasteiger partial charge < -0.3 is 10.5 Å². The third-order valence-electron chi connectivity index (χ3n) is 3.08. The van der Waals surface area contributed by atoms with Gasteiger partial charge in [0.1, 0.15) is 0 Å². The normalized spacial score (nSPS) is 10.4. The predicted molar refractivity (Wildman–Crippen MR) is 87.7 cm³/mol. The first-order valence-corrected chi connectivity index (χ1v) is 7.66. The molecule has 0 heterocycles. The van der Waals surface area contributed by atoms with Gasteiger partial charge in [0.15, 0.2) is 0 Å². The van der Waals surface area contributed by atoms with Crippen molar-refractivity contribution in [3.8, 4) is 0 Å². The third kappa shape index (κ3) is 4.02. The summed E-state index contributed by atoms with van der Waals surface area (Å²) in [4.78, 5) is 12.7. The number of carbonyl (C=O) groups excluding carboxylic acids is 1. The van der Waals surface area contributed by atoms with Gasteiger partial charge in [-0.15, -0.1) is 11.8 Å². The van der Waals surface area contributed by atoms with E-state index in [1.54, 1.807) is 23.9 Å². The second kappa shape index (κ2) is 6.68. The lowest BCUT2D eigenvalue weighted by atomic mass is 10.1. The fraction of sp³-hybridized carbons (Fsp3) is 0.235. The Balaban J connectivity index is 2.21. The van der Waals surface area contributed by atoms with E-state index >= 15 is 0 Å². The average Bonchev–Trinajstić information content (AvgIpc) is 2.44. The molecule has 0 aliphatic carbocycles. The van der Waals surface area contributed by atoms with Gasteiger partial charge in [0.25, 0.3) is 0 Å². The molecule has 0 saturated heterocycles. The molecule has 0 saturated carbocycles. The maximum absolute atomic E-state index is 11.8. The Hall–Kier alpha value is -1.94. The minimum Gasteiger partial charge on any atom is -0.465 e. The number of esters is 1. The first-order chi connectivity index (χ1) is 9.99. The Morgan fingerprint density at radius 1 is 1.14 bits per heavy atom. The highest BCUT2D eigenvalue weighted by Crippen LogP contribution is 2.29. The topological polar surface area (TPSA) is 52.3 Å². The number of thioether (sulfide) groups is 1. The third-order valence-corrected chi connectivity index (χ3v) is 4.23. The van der Waals surface area contributed by atoms with Crippen molar-refractivity contribution in [3.05, 3.63) is 58.7 Å². The van der Waals surface area contributed by atoms with Crippen molar-refractivity contribution in [2.24, 2.45) is 0 Å². The number of anilines is 1. The van der Waals surface area contributed by atoms with Gasteiger partial charge in [0, 0.05) is 16.3 Å². The fourth-order valence-corrected chi connectivity index (χ4v) is 3.21. The molecule has 0 fully saturated rings. The summed E-state index contributed by atoms with van der Waals surface area (Å²) >= 11 is 1.61. The van der Waals surface area contributed by atoms with Gasteiger partial charge in [-0.25, -0.2) is 4.79 Å². The number of aryl methyl sites for hydroxylation is 2. The van der Waals surface area contributed by atoms with Crippen LogP contribution in [0.25, 0.3) is 0 Å². The van der Waals surface area contributed by atoms with Crippen LogP contribution in [0.3, 0.4) is 0 Å². The summed E-state index contributed by atoms with van der Waals surface area (Å²) in [5, 5.41) is 0. The zero-order chi connectivity index (χ0) is 15.4. The van der Waals surface area contributed by atoms with Gasteiger partial charge in [0.2, 0.25) is 0 Å². The van der Waals surface area contributed by atoms with Crippen LogP contribution in [0.2, 0.25) is 0 Å². The van der Waals surface area contributed by atoms with Crippen LogP contribution >= 0.6 is 11.8 Å². The molecule has 2 N–H and O–H groups in total. The zero-order valence-electron chi connectivity index (χ0n) is 12.5. The molecule has 0 spiro atoms. The van der Waals surface area contributed by atoms with E-state index in [4.69, 9.17) is 10.5 Å². The molecule has 0 aliphatic heterocycles. The van der Waals surface area contributed by atoms with Crippen LogP contribution in [0.1, 0.15) is 27.0 Å². The molecular formula is C17H19NO2S. The first-order valence-electron chi connectivity index (χ1n) is 6.67. The standard InChI is InChI=1S/C17H19NO2S/c1-11-6-12(2)8-13(7-11)10-21-16-5-4-14(18)9-15(16)17(19)20-3/h4-9H,10,18H2,1-3H3. The summed E-state index contributed by atoms with van der Waals surface area (Å²) in [6.45, 7) is 4.18. The molecule has 0 atom stereocenters. The van der Waals surface area contributed by atoms with Crippen LogP contribution in [-0.2, 0) is 10.5 Å². The lowest BCUT2D eigenvalue weighted by Gasteiger charge is -2.09. The molecule has 2 rings (SSSR count). The van der Waals surface area contributed by atoms with Crippen LogP contribution in [0.5, 0.6) is 0 Å². The highest BCUT2D eigenvalue weighted by atomic mass is 32.2. The molecule has 3 nitrogen and oxygen atoms in total. The van der Waals surface area contributed by atoms with E-state index in [9.17, 15) is 4.79 Å². The quantitative estimate of drug-likeness (QED) is 0.527. The number of hydrogen-bond donors (Lipinski definition) is 1. The van der Waals surface area contributed by atoms with Crippen LogP contribution in [0.4, 0.5) is 5.69 Å². The second-order valence-corrected chi connectivity index (χ2v) is 6.05. The van der Waals surface area contributed by atoms with E-state index in [0.29, 0.717) is 11.3 Å². The molecule has 2 aromatic carbocycles. The summed E-state index contributed by atoms with van der Waals surface area (Å²) in [5.41, 5.74) is 10.6. The number of hydrogen-bond acceptors (Lipinski definition) is 4. The van der Waals surface area contributed by atoms with Gasteiger partial charge in [-0.2, -0.15) is 0 Å². The molecule has 0 unspecified atom stereocenters. The molecule has 21 heavy (non-hydrogen) atoms. The van der Waals surface area contributed by atoms with E-state index in [-0.39, 0.29) is 5.97 Å². The Morgan fingerprint density at radius 2 is 1.81 bits per heavy atom. The van der Waals surface area contributed by atoms with E-state index in [0.717, 1.165) is 10.6 Å². The van der Waals surface area contributed by atoms with Crippen molar-refractivity contribution < 1.29 is 9.53 Å². The van der Waals surface area contributed by atoms with E-state index in [2.05, 4.69) is 32.0 Å². The maximum atomic E-state index is 11.8. The van der Waals surface area contributed by atoms with Crippen LogP contribution in [0, 0.1) is 13.8 Å². The van der Waals surface area contributed by atoms with Crippen molar-refractivity contribution in [1.29, 1.82) is 0 Å². The highest BCUT2D eigenvalue weighted by molar-refractivity contribution is 7.98. The number of ether oxygens (including phenoxy) is 1. The molecule has 0 aliphatic rings. The smallest absolute Gasteiger partial charge is 0.339 e. The summed E-state index contributed by atoms with van der Waals surface area (Å²) in [6.07, 6.45) is 0. The van der Waals surface area contributed by atoms with Crippen LogP contribution in [0.15, 0.2) is 41.3 Å². The van der Waals surface area contributed by atoms with Crippen LogP contribution in [-0.4, -0.2) is 13.1 Å². The van der Waals surface area contributed by atoms with E-state index < -0.39 is 0 Å². The number of nitrogens with two attached hydrogens (primary N) is 1. The number of nitrogen functional groups attached to an aromatic ring is 1. The fourth-order valence-electron chi connectivity index (χ4n) is 2.26. The van der Waals surface area contributed by atoms with Crippen molar-refractivity contribution in [1.82, 2.24) is 0 Å². The average molecular weight is 301 g/mol. The monoisotopic (exact) mass is 301 g/mol. The van der Waals surface area contributed by atoms with Gasteiger partial charge >= 0.3 is 5.97 Å². The number of rotatable bonds is 4. The van der Waals surface area contributed by atoms with E-state index in [1.165, 1.54) is 23.8 Å². The SMILES string of the molecule is COC(=O)c1cc(N)ccc1SCc1cc(C)cc(C)c1. The summed E-state index contributed by atoms with van der Waals surface area (Å²) in [7, 11) is 1.38. The number of methoxy groups -OCH3 is 1. The van der Waals surface area contributed by atoms with E-state index in [1.807, 2.05) is 6.07 Å². The zero-order valence-corrected chi connectivity index (χ0v) is 13.3. The summed E-state index contributed by atoms with van der Waals surface area (Å²) in [5.74, 6) is 0.446. The largest absolute Gasteiger partial charge is 0.465 e. The van der Waals surface area contributed by atoms with Crippen LogP contribution < -0.4 is 5.73 Å². The second-order valence-electron chi connectivity index (χ2n) is 5.03. The minimum atomic E-state index is -0.356. The molecule has 110 valence electrons. The molecule has 2 aromatic rings. The lowest BCUT2D eigenvalue weighted by Crippen LogP contribution is -2.04.